The molecule has 1 aromatic rings. The molecule has 1 aliphatic rings. The zero-order valence-electron chi connectivity index (χ0n) is 12.4. The highest BCUT2D eigenvalue weighted by Crippen LogP contribution is 2.26. The Balaban J connectivity index is 2.10. The van der Waals surface area contributed by atoms with E-state index in [1.807, 2.05) is 6.07 Å². The van der Waals surface area contributed by atoms with Gasteiger partial charge >= 0.3 is 0 Å². The minimum absolute atomic E-state index is 0.0967. The fraction of sp³-hybridized carbons (Fsp3) is 0.529. The van der Waals surface area contributed by atoms with Gasteiger partial charge in [0.15, 0.2) is 0 Å². The van der Waals surface area contributed by atoms with Gasteiger partial charge in [0.1, 0.15) is 5.75 Å². The molecule has 1 saturated carbocycles. The summed E-state index contributed by atoms with van der Waals surface area (Å²) in [4.78, 5) is 2.41. The Labute approximate surface area is 121 Å². The molecule has 0 radical (unpaired) electrons. The first-order valence-corrected chi connectivity index (χ1v) is 7.21. The summed E-state index contributed by atoms with van der Waals surface area (Å²) in [6.45, 7) is 1.04. The maximum absolute atomic E-state index is 8.80. The summed E-state index contributed by atoms with van der Waals surface area (Å²) in [5, 5.41) is 8.80. The van der Waals surface area contributed by atoms with Crippen molar-refractivity contribution in [3.05, 3.63) is 29.3 Å². The first-order chi connectivity index (χ1) is 9.74. The number of hydrogen-bond donors (Lipinski definition) is 1. The lowest BCUT2D eigenvalue weighted by atomic mass is 9.91. The van der Waals surface area contributed by atoms with Crippen molar-refractivity contribution in [3.8, 4) is 17.6 Å². The summed E-state index contributed by atoms with van der Waals surface area (Å²) in [6, 6.07) is 6.91. The van der Waals surface area contributed by atoms with Gasteiger partial charge in [-0.2, -0.15) is 0 Å². The van der Waals surface area contributed by atoms with E-state index < -0.39 is 0 Å². The third-order valence-electron chi connectivity index (χ3n) is 3.85. The molecule has 0 amide bonds. The van der Waals surface area contributed by atoms with Crippen molar-refractivity contribution in [3.63, 3.8) is 0 Å². The second-order valence-corrected chi connectivity index (χ2v) is 5.31. The second-order valence-electron chi connectivity index (χ2n) is 5.31. The normalized spacial score (nSPS) is 14.6. The molecule has 0 unspecified atom stereocenters. The van der Waals surface area contributed by atoms with E-state index in [4.69, 9.17) is 9.84 Å². The number of rotatable bonds is 5. The molecular formula is C17H23NO2. The van der Waals surface area contributed by atoms with E-state index in [1.54, 1.807) is 7.11 Å². The molecule has 0 aromatic heterocycles. The van der Waals surface area contributed by atoms with Crippen LogP contribution in [-0.2, 0) is 6.54 Å². The Morgan fingerprint density at radius 2 is 2.20 bits per heavy atom. The zero-order chi connectivity index (χ0) is 14.4. The highest BCUT2D eigenvalue weighted by atomic mass is 16.5. The van der Waals surface area contributed by atoms with Crippen LogP contribution in [-0.4, -0.2) is 36.8 Å². The first-order valence-electron chi connectivity index (χ1n) is 7.21. The lowest BCUT2D eigenvalue weighted by Gasteiger charge is -2.34. The number of ether oxygens (including phenoxy) is 1. The van der Waals surface area contributed by atoms with Crippen molar-refractivity contribution in [2.75, 3.05) is 20.8 Å². The van der Waals surface area contributed by atoms with Crippen LogP contribution in [0.4, 0.5) is 0 Å². The fourth-order valence-corrected chi connectivity index (χ4v) is 2.41. The molecule has 0 spiro atoms. The van der Waals surface area contributed by atoms with Crippen molar-refractivity contribution < 1.29 is 9.84 Å². The Hall–Kier alpha value is -1.50. The topological polar surface area (TPSA) is 32.7 Å². The molecule has 1 N–H and O–H groups in total. The number of aliphatic hydroxyl groups is 1. The zero-order valence-corrected chi connectivity index (χ0v) is 12.4. The largest absolute Gasteiger partial charge is 0.495 e. The van der Waals surface area contributed by atoms with Crippen LogP contribution in [0.5, 0.6) is 5.75 Å². The van der Waals surface area contributed by atoms with Crippen LogP contribution >= 0.6 is 0 Å². The van der Waals surface area contributed by atoms with Crippen molar-refractivity contribution in [2.24, 2.45) is 0 Å². The summed E-state index contributed by atoms with van der Waals surface area (Å²) in [7, 11) is 3.85. The van der Waals surface area contributed by atoms with Crippen LogP contribution in [0, 0.1) is 11.8 Å². The summed E-state index contributed by atoms with van der Waals surface area (Å²) in [5.74, 6) is 6.84. The molecule has 1 aromatic carbocycles. The lowest BCUT2D eigenvalue weighted by molar-refractivity contribution is 0.152. The predicted molar refractivity (Wildman–Crippen MR) is 80.7 cm³/mol. The van der Waals surface area contributed by atoms with Gasteiger partial charge in [-0.15, -0.1) is 0 Å². The van der Waals surface area contributed by atoms with Gasteiger partial charge in [0, 0.05) is 19.0 Å². The van der Waals surface area contributed by atoms with Crippen LogP contribution in [0.25, 0.3) is 0 Å². The SMILES string of the molecule is COc1ccc(CN(C)C2CCC2)cc1C#CCCO. The Kier molecular flexibility index (Phi) is 5.46. The van der Waals surface area contributed by atoms with Gasteiger partial charge in [-0.25, -0.2) is 0 Å². The molecule has 1 fully saturated rings. The van der Waals surface area contributed by atoms with E-state index in [0.717, 1.165) is 23.9 Å². The van der Waals surface area contributed by atoms with Crippen LogP contribution in [0.1, 0.15) is 36.8 Å². The predicted octanol–water partition coefficient (Wildman–Crippen LogP) is 2.41. The summed E-state index contributed by atoms with van der Waals surface area (Å²) < 4.78 is 5.34. The molecule has 0 saturated heterocycles. The fourth-order valence-electron chi connectivity index (χ4n) is 2.41. The summed E-state index contributed by atoms with van der Waals surface area (Å²) >= 11 is 0. The number of nitrogens with zero attached hydrogens (tertiary/aromatic N) is 1. The van der Waals surface area contributed by atoms with Gasteiger partial charge < -0.3 is 9.84 Å². The third kappa shape index (κ3) is 3.75. The van der Waals surface area contributed by atoms with E-state index in [-0.39, 0.29) is 6.61 Å². The number of benzene rings is 1. The van der Waals surface area contributed by atoms with Gasteiger partial charge in [-0.05, 0) is 37.6 Å². The molecule has 2 rings (SSSR count). The number of hydrogen-bond acceptors (Lipinski definition) is 3. The maximum Gasteiger partial charge on any atom is 0.134 e. The van der Waals surface area contributed by atoms with E-state index in [1.165, 1.54) is 24.8 Å². The molecule has 3 heteroatoms. The summed E-state index contributed by atoms with van der Waals surface area (Å²) in [6.07, 6.45) is 4.48. The highest BCUT2D eigenvalue weighted by molar-refractivity contribution is 5.48. The van der Waals surface area contributed by atoms with E-state index in [2.05, 4.69) is 35.9 Å². The van der Waals surface area contributed by atoms with Crippen molar-refractivity contribution >= 4 is 0 Å². The monoisotopic (exact) mass is 273 g/mol. The van der Waals surface area contributed by atoms with Gasteiger partial charge in [-0.3, -0.25) is 4.90 Å². The minimum Gasteiger partial charge on any atom is -0.495 e. The molecular weight excluding hydrogens is 250 g/mol. The van der Waals surface area contributed by atoms with Gasteiger partial charge in [0.05, 0.1) is 19.3 Å². The number of aliphatic hydroxyl groups excluding tert-OH is 1. The van der Waals surface area contributed by atoms with E-state index >= 15 is 0 Å². The molecule has 0 aliphatic heterocycles. The summed E-state index contributed by atoms with van der Waals surface area (Å²) in [5.41, 5.74) is 2.16. The molecule has 0 heterocycles. The van der Waals surface area contributed by atoms with Crippen molar-refractivity contribution in [2.45, 2.75) is 38.3 Å². The highest BCUT2D eigenvalue weighted by Gasteiger charge is 2.21. The molecule has 0 bridgehead atoms. The average Bonchev–Trinajstić information content (AvgIpc) is 2.37. The Morgan fingerprint density at radius 3 is 2.80 bits per heavy atom. The van der Waals surface area contributed by atoms with E-state index in [0.29, 0.717) is 6.42 Å². The molecule has 108 valence electrons. The standard InChI is InChI=1S/C17H23NO2/c1-18(16-7-5-8-16)13-14-9-10-17(20-2)15(12-14)6-3-4-11-19/h9-10,12,16,19H,4-5,7-8,11,13H2,1-2H3. The van der Waals surface area contributed by atoms with Gasteiger partial charge in [0.25, 0.3) is 0 Å². The second kappa shape index (κ2) is 7.33. The van der Waals surface area contributed by atoms with Crippen LogP contribution in [0.15, 0.2) is 18.2 Å². The van der Waals surface area contributed by atoms with Crippen molar-refractivity contribution in [1.82, 2.24) is 4.90 Å². The van der Waals surface area contributed by atoms with Crippen molar-refractivity contribution in [1.29, 1.82) is 0 Å². The molecule has 1 aliphatic carbocycles. The first kappa shape index (κ1) is 14.9. The smallest absolute Gasteiger partial charge is 0.134 e. The Morgan fingerprint density at radius 1 is 1.40 bits per heavy atom. The average molecular weight is 273 g/mol. The third-order valence-corrected chi connectivity index (χ3v) is 3.85. The maximum atomic E-state index is 8.80. The molecule has 20 heavy (non-hydrogen) atoms. The molecule has 0 atom stereocenters. The van der Waals surface area contributed by atoms with Crippen LogP contribution < -0.4 is 4.74 Å². The molecule has 3 nitrogen and oxygen atoms in total. The van der Waals surface area contributed by atoms with Crippen LogP contribution in [0.2, 0.25) is 0 Å². The van der Waals surface area contributed by atoms with Gasteiger partial charge in [0.2, 0.25) is 0 Å². The van der Waals surface area contributed by atoms with Gasteiger partial charge in [-0.1, -0.05) is 24.3 Å². The Bertz CT molecular complexity index is 497. The number of methoxy groups -OCH3 is 1. The van der Waals surface area contributed by atoms with Crippen LogP contribution in [0.3, 0.4) is 0 Å². The minimum atomic E-state index is 0.0967. The lowest BCUT2D eigenvalue weighted by Crippen LogP contribution is -2.36. The van der Waals surface area contributed by atoms with E-state index in [9.17, 15) is 0 Å². The quantitative estimate of drug-likeness (QED) is 0.836.